The van der Waals surface area contributed by atoms with Gasteiger partial charge < -0.3 is 20.1 Å². The van der Waals surface area contributed by atoms with Crippen LogP contribution in [-0.4, -0.2) is 54.1 Å². The Hall–Kier alpha value is -2.41. The topological polar surface area (TPSA) is 95.9 Å². The highest BCUT2D eigenvalue weighted by atomic mass is 16.5. The second kappa shape index (κ2) is 7.92. The summed E-state index contributed by atoms with van der Waals surface area (Å²) in [6, 6.07) is 9.51. The van der Waals surface area contributed by atoms with Crippen molar-refractivity contribution in [2.45, 2.75) is 25.5 Å². The van der Waals surface area contributed by atoms with Crippen LogP contribution >= 0.6 is 0 Å². The molecule has 7 nitrogen and oxygen atoms in total. The van der Waals surface area contributed by atoms with Crippen molar-refractivity contribution >= 4 is 17.8 Å². The van der Waals surface area contributed by atoms with E-state index in [0.717, 1.165) is 5.56 Å². The van der Waals surface area contributed by atoms with Gasteiger partial charge in [-0.3, -0.25) is 9.59 Å². The molecule has 0 saturated carbocycles. The maximum Gasteiger partial charge on any atom is 0.334 e. The SMILES string of the molecule is COC(CNC(=O)C1CC(=O)N(C(C)c2ccccc2)C1)C(=O)O. The summed E-state index contributed by atoms with van der Waals surface area (Å²) < 4.78 is 4.77. The molecule has 2 amide bonds. The summed E-state index contributed by atoms with van der Waals surface area (Å²) in [5.41, 5.74) is 1.01. The zero-order chi connectivity index (χ0) is 17.7. The first kappa shape index (κ1) is 17.9. The van der Waals surface area contributed by atoms with E-state index in [1.165, 1.54) is 7.11 Å². The van der Waals surface area contributed by atoms with Gasteiger partial charge in [0, 0.05) is 20.1 Å². The lowest BCUT2D eigenvalue weighted by molar-refractivity contribution is -0.148. The number of carboxylic acids is 1. The number of ether oxygens (including phenoxy) is 1. The number of benzene rings is 1. The van der Waals surface area contributed by atoms with Gasteiger partial charge >= 0.3 is 5.97 Å². The highest BCUT2D eigenvalue weighted by molar-refractivity contribution is 5.89. The van der Waals surface area contributed by atoms with Crippen molar-refractivity contribution in [2.24, 2.45) is 5.92 Å². The highest BCUT2D eigenvalue weighted by Gasteiger charge is 2.37. The van der Waals surface area contributed by atoms with Crippen molar-refractivity contribution in [3.05, 3.63) is 35.9 Å². The van der Waals surface area contributed by atoms with E-state index in [9.17, 15) is 14.4 Å². The molecule has 1 aliphatic heterocycles. The fourth-order valence-corrected chi connectivity index (χ4v) is 2.80. The quantitative estimate of drug-likeness (QED) is 0.769. The van der Waals surface area contributed by atoms with Gasteiger partial charge in [0.25, 0.3) is 0 Å². The van der Waals surface area contributed by atoms with E-state index >= 15 is 0 Å². The van der Waals surface area contributed by atoms with Crippen LogP contribution in [-0.2, 0) is 19.1 Å². The average molecular weight is 334 g/mol. The summed E-state index contributed by atoms with van der Waals surface area (Å²) in [6.07, 6.45) is -0.960. The first-order chi connectivity index (χ1) is 11.4. The zero-order valence-corrected chi connectivity index (χ0v) is 13.8. The Morgan fingerprint density at radius 3 is 2.62 bits per heavy atom. The summed E-state index contributed by atoms with van der Waals surface area (Å²) in [4.78, 5) is 37.0. The van der Waals surface area contributed by atoms with Crippen LogP contribution in [0.5, 0.6) is 0 Å². The minimum absolute atomic E-state index is 0.0759. The molecule has 0 radical (unpaired) electrons. The molecule has 2 rings (SSSR count). The number of rotatable bonds is 7. The van der Waals surface area contributed by atoms with Crippen LogP contribution in [0, 0.1) is 5.92 Å². The van der Waals surface area contributed by atoms with Crippen molar-refractivity contribution in [3.63, 3.8) is 0 Å². The molecule has 1 aromatic rings. The molecule has 24 heavy (non-hydrogen) atoms. The standard InChI is InChI=1S/C17H22N2O5/c1-11(12-6-4-3-5-7-12)19-10-13(8-15(19)20)16(21)18-9-14(24-2)17(22)23/h3-7,11,13-14H,8-10H2,1-2H3,(H,18,21)(H,22,23). The number of hydrogen-bond acceptors (Lipinski definition) is 4. The number of amides is 2. The summed E-state index contributed by atoms with van der Waals surface area (Å²) in [5, 5.41) is 11.4. The van der Waals surface area contributed by atoms with Gasteiger partial charge in [-0.2, -0.15) is 0 Å². The molecule has 1 aliphatic rings. The van der Waals surface area contributed by atoms with E-state index in [-0.39, 0.29) is 30.8 Å². The molecule has 1 fully saturated rings. The van der Waals surface area contributed by atoms with Gasteiger partial charge in [-0.1, -0.05) is 30.3 Å². The smallest absolute Gasteiger partial charge is 0.334 e. The van der Waals surface area contributed by atoms with Crippen molar-refractivity contribution in [3.8, 4) is 0 Å². The third kappa shape index (κ3) is 4.11. The lowest BCUT2D eigenvalue weighted by atomic mass is 10.1. The first-order valence-corrected chi connectivity index (χ1v) is 7.81. The summed E-state index contributed by atoms with van der Waals surface area (Å²) in [7, 11) is 1.27. The first-order valence-electron chi connectivity index (χ1n) is 7.81. The lowest BCUT2D eigenvalue weighted by Gasteiger charge is -2.25. The Labute approximate surface area is 140 Å². The molecule has 1 aromatic carbocycles. The largest absolute Gasteiger partial charge is 0.479 e. The lowest BCUT2D eigenvalue weighted by Crippen LogP contribution is -2.41. The minimum Gasteiger partial charge on any atom is -0.479 e. The zero-order valence-electron chi connectivity index (χ0n) is 13.8. The summed E-state index contributed by atoms with van der Waals surface area (Å²) in [6.45, 7) is 2.13. The predicted octanol–water partition coefficient (Wildman–Crippen LogP) is 0.812. The number of aliphatic carboxylic acids is 1. The fraction of sp³-hybridized carbons (Fsp3) is 0.471. The minimum atomic E-state index is -1.14. The summed E-state index contributed by atoms with van der Waals surface area (Å²) >= 11 is 0. The second-order valence-electron chi connectivity index (χ2n) is 5.84. The van der Waals surface area contributed by atoms with Crippen LogP contribution in [0.25, 0.3) is 0 Å². The molecule has 0 aliphatic carbocycles. The average Bonchev–Trinajstić information content (AvgIpc) is 2.97. The van der Waals surface area contributed by atoms with Crippen LogP contribution in [0.3, 0.4) is 0 Å². The maximum atomic E-state index is 12.2. The van der Waals surface area contributed by atoms with E-state index in [2.05, 4.69) is 5.32 Å². The summed E-state index contributed by atoms with van der Waals surface area (Å²) in [5.74, 6) is -2.02. The Morgan fingerprint density at radius 1 is 1.38 bits per heavy atom. The number of methoxy groups -OCH3 is 1. The van der Waals surface area contributed by atoms with Crippen LogP contribution in [0.15, 0.2) is 30.3 Å². The second-order valence-corrected chi connectivity index (χ2v) is 5.84. The number of carboxylic acid groups (broad SMARTS) is 1. The molecule has 1 saturated heterocycles. The molecule has 130 valence electrons. The molecule has 0 bridgehead atoms. The molecule has 3 unspecified atom stereocenters. The number of carbonyl (C=O) groups excluding carboxylic acids is 2. The molecule has 0 spiro atoms. The molecular formula is C17H22N2O5. The number of nitrogens with zero attached hydrogens (tertiary/aromatic N) is 1. The Bertz CT molecular complexity index is 604. The van der Waals surface area contributed by atoms with Crippen molar-refractivity contribution in [1.82, 2.24) is 10.2 Å². The van der Waals surface area contributed by atoms with Gasteiger partial charge in [-0.25, -0.2) is 4.79 Å². The van der Waals surface area contributed by atoms with Crippen molar-refractivity contribution in [2.75, 3.05) is 20.2 Å². The predicted molar refractivity (Wildman–Crippen MR) is 86.1 cm³/mol. The van der Waals surface area contributed by atoms with E-state index in [1.54, 1.807) is 4.90 Å². The molecular weight excluding hydrogens is 312 g/mol. The molecule has 0 aromatic heterocycles. The third-order valence-electron chi connectivity index (χ3n) is 4.30. The monoisotopic (exact) mass is 334 g/mol. The van der Waals surface area contributed by atoms with Gasteiger partial charge in [-0.15, -0.1) is 0 Å². The van der Waals surface area contributed by atoms with Crippen LogP contribution in [0.2, 0.25) is 0 Å². The van der Waals surface area contributed by atoms with Gasteiger partial charge in [0.1, 0.15) is 0 Å². The van der Waals surface area contributed by atoms with E-state index < -0.39 is 18.0 Å². The highest BCUT2D eigenvalue weighted by Crippen LogP contribution is 2.28. The normalized spacial score (nSPS) is 19.8. The van der Waals surface area contributed by atoms with Crippen LogP contribution in [0.1, 0.15) is 24.9 Å². The number of likely N-dealkylation sites (tertiary alicyclic amines) is 1. The Kier molecular flexibility index (Phi) is 5.92. The number of nitrogens with one attached hydrogen (secondary N) is 1. The van der Waals surface area contributed by atoms with E-state index in [1.807, 2.05) is 37.3 Å². The van der Waals surface area contributed by atoms with Gasteiger partial charge in [0.15, 0.2) is 6.10 Å². The fourth-order valence-electron chi connectivity index (χ4n) is 2.80. The molecule has 7 heteroatoms. The van der Waals surface area contributed by atoms with E-state index in [0.29, 0.717) is 6.54 Å². The number of hydrogen-bond donors (Lipinski definition) is 2. The molecule has 3 atom stereocenters. The maximum absolute atomic E-state index is 12.2. The Balaban J connectivity index is 1.94. The van der Waals surface area contributed by atoms with Gasteiger partial charge in [-0.05, 0) is 12.5 Å². The van der Waals surface area contributed by atoms with Crippen molar-refractivity contribution in [1.29, 1.82) is 0 Å². The molecule has 1 heterocycles. The Morgan fingerprint density at radius 2 is 2.04 bits per heavy atom. The van der Waals surface area contributed by atoms with E-state index in [4.69, 9.17) is 9.84 Å². The van der Waals surface area contributed by atoms with Gasteiger partial charge in [0.2, 0.25) is 11.8 Å². The van der Waals surface area contributed by atoms with Crippen molar-refractivity contribution < 1.29 is 24.2 Å². The number of carbonyl (C=O) groups is 3. The van der Waals surface area contributed by atoms with Crippen LogP contribution < -0.4 is 5.32 Å². The molecule has 2 N–H and O–H groups in total. The van der Waals surface area contributed by atoms with Crippen LogP contribution in [0.4, 0.5) is 0 Å². The van der Waals surface area contributed by atoms with Gasteiger partial charge in [0.05, 0.1) is 18.5 Å². The third-order valence-corrected chi connectivity index (χ3v) is 4.30.